The van der Waals surface area contributed by atoms with Gasteiger partial charge in [-0.2, -0.15) is 0 Å². The molecule has 0 aliphatic carbocycles. The maximum absolute atomic E-state index is 12.4. The molecule has 1 N–H and O–H groups in total. The first-order chi connectivity index (χ1) is 15.0. The molecule has 8 heteroatoms. The van der Waals surface area contributed by atoms with Crippen molar-refractivity contribution in [2.24, 2.45) is 5.41 Å². The molecule has 8 nitrogen and oxygen atoms in total. The largest absolute Gasteiger partial charge is 0.459 e. The highest BCUT2D eigenvalue weighted by Gasteiger charge is 2.23. The van der Waals surface area contributed by atoms with Gasteiger partial charge in [0.15, 0.2) is 0 Å². The van der Waals surface area contributed by atoms with Crippen LogP contribution in [0.25, 0.3) is 0 Å². The predicted octanol–water partition coefficient (Wildman–Crippen LogP) is 2.23. The SMILES string of the molecule is CC(C)(C)CN1CCN(CC(=O)OC(C)(C)C)CCNCCN(CC(=O)OC(C)(C)C)CC1. The van der Waals surface area contributed by atoms with Gasteiger partial charge < -0.3 is 19.7 Å². The van der Waals surface area contributed by atoms with Crippen LogP contribution in [0.2, 0.25) is 0 Å². The van der Waals surface area contributed by atoms with Crippen molar-refractivity contribution in [1.82, 2.24) is 20.0 Å². The Kier molecular flexibility index (Phi) is 11.8. The molecule has 0 aromatic carbocycles. The summed E-state index contributed by atoms with van der Waals surface area (Å²) in [5.41, 5.74) is -0.792. The molecule has 0 amide bonds. The third kappa shape index (κ3) is 16.1. The van der Waals surface area contributed by atoms with Gasteiger partial charge in [-0.25, -0.2) is 0 Å². The van der Waals surface area contributed by atoms with Gasteiger partial charge in [0.1, 0.15) is 11.2 Å². The average Bonchev–Trinajstić information content (AvgIpc) is 2.57. The van der Waals surface area contributed by atoms with Crippen LogP contribution >= 0.6 is 0 Å². The molecule has 1 heterocycles. The molecule has 194 valence electrons. The van der Waals surface area contributed by atoms with Crippen molar-refractivity contribution in [3.63, 3.8) is 0 Å². The summed E-state index contributed by atoms with van der Waals surface area (Å²) in [6.45, 7) is 26.1. The summed E-state index contributed by atoms with van der Waals surface area (Å²) in [5.74, 6) is -0.360. The Morgan fingerprint density at radius 2 is 1.00 bits per heavy atom. The zero-order chi connectivity index (χ0) is 25.3. The van der Waals surface area contributed by atoms with Crippen LogP contribution in [-0.2, 0) is 19.1 Å². The van der Waals surface area contributed by atoms with Crippen LogP contribution in [0.3, 0.4) is 0 Å². The molecule has 0 bridgehead atoms. The summed E-state index contributed by atoms with van der Waals surface area (Å²) >= 11 is 0. The summed E-state index contributed by atoms with van der Waals surface area (Å²) in [7, 11) is 0. The molecule has 1 rings (SSSR count). The highest BCUT2D eigenvalue weighted by molar-refractivity contribution is 5.72. The van der Waals surface area contributed by atoms with Gasteiger partial charge in [0.2, 0.25) is 0 Å². The molecule has 1 fully saturated rings. The molecule has 0 unspecified atom stereocenters. The quantitative estimate of drug-likeness (QED) is 0.613. The van der Waals surface area contributed by atoms with Crippen molar-refractivity contribution in [3.8, 4) is 0 Å². The van der Waals surface area contributed by atoms with E-state index in [0.29, 0.717) is 13.1 Å². The smallest absolute Gasteiger partial charge is 0.320 e. The highest BCUT2D eigenvalue weighted by atomic mass is 16.6. The van der Waals surface area contributed by atoms with Gasteiger partial charge in [0, 0.05) is 58.9 Å². The summed E-state index contributed by atoms with van der Waals surface area (Å²) in [6.07, 6.45) is 0. The summed E-state index contributed by atoms with van der Waals surface area (Å²) in [4.78, 5) is 31.6. The molecule has 1 aliphatic heterocycles. The second kappa shape index (κ2) is 13.0. The second-order valence-corrected chi connectivity index (χ2v) is 12.3. The first-order valence-electron chi connectivity index (χ1n) is 12.3. The Morgan fingerprint density at radius 3 is 1.33 bits per heavy atom. The number of nitrogens with one attached hydrogen (secondary N) is 1. The molecule has 0 atom stereocenters. The van der Waals surface area contributed by atoms with Crippen LogP contribution in [0, 0.1) is 5.41 Å². The van der Waals surface area contributed by atoms with Crippen molar-refractivity contribution in [2.75, 3.05) is 72.0 Å². The van der Waals surface area contributed by atoms with E-state index >= 15 is 0 Å². The van der Waals surface area contributed by atoms with E-state index < -0.39 is 11.2 Å². The number of hydrogen-bond acceptors (Lipinski definition) is 8. The Hall–Kier alpha value is -1.22. The number of rotatable bonds is 5. The van der Waals surface area contributed by atoms with E-state index in [-0.39, 0.29) is 17.4 Å². The van der Waals surface area contributed by atoms with Crippen LogP contribution in [0.1, 0.15) is 62.3 Å². The standard InChI is InChI=1S/C25H50N4O4/c1-23(2,3)20-29-16-14-27(18-21(30)32-24(4,5)6)12-10-26-11-13-28(15-17-29)19-22(31)33-25(7,8)9/h26H,10-20H2,1-9H3. The lowest BCUT2D eigenvalue weighted by atomic mass is 9.96. The van der Waals surface area contributed by atoms with Gasteiger partial charge in [-0.3, -0.25) is 19.4 Å². The summed E-state index contributed by atoms with van der Waals surface area (Å²) < 4.78 is 11.1. The van der Waals surface area contributed by atoms with Gasteiger partial charge in [0.05, 0.1) is 13.1 Å². The fourth-order valence-corrected chi connectivity index (χ4v) is 3.76. The Bertz CT molecular complexity index is 561. The molecule has 33 heavy (non-hydrogen) atoms. The molecule has 0 aromatic heterocycles. The Balaban J connectivity index is 2.80. The molecule has 1 aliphatic rings. The van der Waals surface area contributed by atoms with E-state index in [1.165, 1.54) is 0 Å². The van der Waals surface area contributed by atoms with Gasteiger partial charge >= 0.3 is 11.9 Å². The van der Waals surface area contributed by atoms with E-state index in [4.69, 9.17) is 9.47 Å². The Labute approximate surface area is 202 Å². The minimum Gasteiger partial charge on any atom is -0.459 e. The maximum Gasteiger partial charge on any atom is 0.320 e. The van der Waals surface area contributed by atoms with Crippen molar-refractivity contribution < 1.29 is 19.1 Å². The third-order valence-electron chi connectivity index (χ3n) is 4.92. The lowest BCUT2D eigenvalue weighted by Gasteiger charge is -2.34. The second-order valence-electron chi connectivity index (χ2n) is 12.3. The number of nitrogens with zero attached hydrogens (tertiary/aromatic N) is 3. The minimum absolute atomic E-state index is 0.157. The van der Waals surface area contributed by atoms with Crippen molar-refractivity contribution in [2.45, 2.75) is 73.5 Å². The first kappa shape index (κ1) is 29.8. The lowest BCUT2D eigenvalue weighted by Crippen LogP contribution is -2.48. The van der Waals surface area contributed by atoms with Crippen LogP contribution < -0.4 is 5.32 Å². The summed E-state index contributed by atoms with van der Waals surface area (Å²) in [6, 6.07) is 0. The minimum atomic E-state index is -0.474. The van der Waals surface area contributed by atoms with Crippen molar-refractivity contribution >= 4 is 11.9 Å². The monoisotopic (exact) mass is 470 g/mol. The molecule has 0 radical (unpaired) electrons. The fourth-order valence-electron chi connectivity index (χ4n) is 3.76. The van der Waals surface area contributed by atoms with Crippen LogP contribution in [0.15, 0.2) is 0 Å². The highest BCUT2D eigenvalue weighted by Crippen LogP contribution is 2.16. The number of hydrogen-bond donors (Lipinski definition) is 1. The van der Waals surface area contributed by atoms with Gasteiger partial charge in [-0.05, 0) is 47.0 Å². The molecule has 0 spiro atoms. The normalized spacial score (nSPS) is 19.4. The fraction of sp³-hybridized carbons (Fsp3) is 0.920. The third-order valence-corrected chi connectivity index (χ3v) is 4.92. The van der Waals surface area contributed by atoms with Crippen molar-refractivity contribution in [3.05, 3.63) is 0 Å². The van der Waals surface area contributed by atoms with Crippen LogP contribution in [0.5, 0.6) is 0 Å². The van der Waals surface area contributed by atoms with Gasteiger partial charge in [-0.15, -0.1) is 0 Å². The van der Waals surface area contributed by atoms with Crippen LogP contribution in [0.4, 0.5) is 0 Å². The molecule has 1 saturated heterocycles. The zero-order valence-corrected chi connectivity index (χ0v) is 22.8. The molecular weight excluding hydrogens is 420 g/mol. The predicted molar refractivity (Wildman–Crippen MR) is 133 cm³/mol. The number of ether oxygens (including phenoxy) is 2. The van der Waals surface area contributed by atoms with Crippen molar-refractivity contribution in [1.29, 1.82) is 0 Å². The maximum atomic E-state index is 12.4. The van der Waals surface area contributed by atoms with E-state index in [1.54, 1.807) is 0 Å². The van der Waals surface area contributed by atoms with E-state index in [9.17, 15) is 9.59 Å². The molecule has 0 aromatic rings. The van der Waals surface area contributed by atoms with Gasteiger partial charge in [0.25, 0.3) is 0 Å². The topological polar surface area (TPSA) is 74.4 Å². The van der Waals surface area contributed by atoms with E-state index in [0.717, 1.165) is 58.9 Å². The van der Waals surface area contributed by atoms with E-state index in [1.807, 2.05) is 41.5 Å². The lowest BCUT2D eigenvalue weighted by molar-refractivity contribution is -0.157. The first-order valence-corrected chi connectivity index (χ1v) is 12.3. The van der Waals surface area contributed by atoms with Crippen LogP contribution in [-0.4, -0.2) is 110 Å². The molecule has 0 saturated carbocycles. The zero-order valence-electron chi connectivity index (χ0n) is 22.8. The average molecular weight is 471 g/mol. The number of carbonyl (C=O) groups excluding carboxylic acids is 2. The van der Waals surface area contributed by atoms with Gasteiger partial charge in [-0.1, -0.05) is 20.8 Å². The number of esters is 2. The Morgan fingerprint density at radius 1 is 0.636 bits per heavy atom. The van der Waals surface area contributed by atoms with E-state index in [2.05, 4.69) is 40.8 Å². The number of carbonyl (C=O) groups is 2. The summed E-state index contributed by atoms with van der Waals surface area (Å²) in [5, 5.41) is 3.45. The molecular formula is C25H50N4O4.